The van der Waals surface area contributed by atoms with Crippen molar-refractivity contribution in [3.05, 3.63) is 34.6 Å². The van der Waals surface area contributed by atoms with Crippen LogP contribution >= 0.6 is 0 Å². The van der Waals surface area contributed by atoms with E-state index >= 15 is 0 Å². The van der Waals surface area contributed by atoms with Crippen LogP contribution < -0.4 is 5.32 Å². The number of benzene rings is 1. The molecule has 0 saturated carbocycles. The number of hydrogen-bond donors (Lipinski definition) is 1. The van der Waals surface area contributed by atoms with Crippen LogP contribution in [0.2, 0.25) is 0 Å². The van der Waals surface area contributed by atoms with Crippen LogP contribution in [-0.4, -0.2) is 11.8 Å². The molecule has 1 atom stereocenters. The van der Waals surface area contributed by atoms with Gasteiger partial charge in [-0.25, -0.2) is 4.39 Å². The van der Waals surface area contributed by atoms with Gasteiger partial charge in [0.05, 0.1) is 5.92 Å². The zero-order valence-electron chi connectivity index (χ0n) is 11.4. The second-order valence-electron chi connectivity index (χ2n) is 5.39. The SMILES string of the molecule is Cc1cc(C2CCC(=O)NC2=O)c(F)cc1C(C)C. The molecular formula is C15H18FNO2. The van der Waals surface area contributed by atoms with Gasteiger partial charge in [-0.05, 0) is 36.5 Å². The van der Waals surface area contributed by atoms with Crippen LogP contribution in [0.3, 0.4) is 0 Å². The Balaban J connectivity index is 2.38. The van der Waals surface area contributed by atoms with Crippen LogP contribution in [0.15, 0.2) is 12.1 Å². The quantitative estimate of drug-likeness (QED) is 0.834. The van der Waals surface area contributed by atoms with Crippen molar-refractivity contribution in [2.75, 3.05) is 0 Å². The first-order valence-corrected chi connectivity index (χ1v) is 6.53. The average Bonchev–Trinajstić information content (AvgIpc) is 2.32. The number of imide groups is 1. The van der Waals surface area contributed by atoms with Crippen LogP contribution in [0, 0.1) is 12.7 Å². The lowest BCUT2D eigenvalue weighted by Gasteiger charge is -2.23. The minimum atomic E-state index is -0.558. The highest BCUT2D eigenvalue weighted by Crippen LogP contribution is 2.31. The van der Waals surface area contributed by atoms with Crippen molar-refractivity contribution in [3.63, 3.8) is 0 Å². The van der Waals surface area contributed by atoms with Gasteiger partial charge in [-0.2, -0.15) is 0 Å². The molecule has 2 rings (SSSR count). The molecule has 4 heteroatoms. The minimum absolute atomic E-state index is 0.241. The summed E-state index contributed by atoms with van der Waals surface area (Å²) in [5.41, 5.74) is 2.33. The molecule has 2 amide bonds. The lowest BCUT2D eigenvalue weighted by molar-refractivity contribution is -0.134. The van der Waals surface area contributed by atoms with Crippen LogP contribution in [0.1, 0.15) is 55.2 Å². The largest absolute Gasteiger partial charge is 0.296 e. The molecule has 1 aliphatic rings. The van der Waals surface area contributed by atoms with E-state index in [1.165, 1.54) is 6.07 Å². The topological polar surface area (TPSA) is 46.2 Å². The van der Waals surface area contributed by atoms with Crippen molar-refractivity contribution in [2.24, 2.45) is 0 Å². The lowest BCUT2D eigenvalue weighted by Crippen LogP contribution is -2.39. The van der Waals surface area contributed by atoms with Crippen molar-refractivity contribution in [2.45, 2.75) is 45.4 Å². The summed E-state index contributed by atoms with van der Waals surface area (Å²) in [5, 5.41) is 2.27. The van der Waals surface area contributed by atoms with Crippen molar-refractivity contribution in [1.29, 1.82) is 0 Å². The molecule has 0 bridgehead atoms. The van der Waals surface area contributed by atoms with E-state index in [4.69, 9.17) is 0 Å². The Morgan fingerprint density at radius 1 is 1.32 bits per heavy atom. The van der Waals surface area contributed by atoms with Crippen molar-refractivity contribution in [3.8, 4) is 0 Å². The van der Waals surface area contributed by atoms with Crippen LogP contribution in [0.5, 0.6) is 0 Å². The normalized spacial score (nSPS) is 19.7. The number of halogens is 1. The number of aryl methyl sites for hydroxylation is 1. The maximum Gasteiger partial charge on any atom is 0.234 e. The molecule has 1 aromatic carbocycles. The van der Waals surface area contributed by atoms with E-state index in [1.807, 2.05) is 20.8 Å². The molecule has 1 saturated heterocycles. The summed E-state index contributed by atoms with van der Waals surface area (Å²) in [6, 6.07) is 3.25. The van der Waals surface area contributed by atoms with E-state index in [0.717, 1.165) is 11.1 Å². The molecule has 0 aliphatic carbocycles. The summed E-state index contributed by atoms with van der Waals surface area (Å²) >= 11 is 0. The zero-order chi connectivity index (χ0) is 14.2. The summed E-state index contributed by atoms with van der Waals surface area (Å²) < 4.78 is 14.2. The van der Waals surface area contributed by atoms with Gasteiger partial charge in [0.15, 0.2) is 0 Å². The standard InChI is InChI=1S/C15H18FNO2/c1-8(2)11-7-13(16)12(6-9(11)3)10-4-5-14(18)17-15(10)19/h6-8,10H,4-5H2,1-3H3,(H,17,18,19). The predicted molar refractivity (Wildman–Crippen MR) is 70.4 cm³/mol. The highest BCUT2D eigenvalue weighted by atomic mass is 19.1. The van der Waals surface area contributed by atoms with E-state index in [-0.39, 0.29) is 24.1 Å². The molecular weight excluding hydrogens is 245 g/mol. The number of carbonyl (C=O) groups is 2. The van der Waals surface area contributed by atoms with Crippen molar-refractivity contribution >= 4 is 11.8 Å². The summed E-state index contributed by atoms with van der Waals surface area (Å²) in [4.78, 5) is 22.9. The second kappa shape index (κ2) is 5.11. The van der Waals surface area contributed by atoms with Gasteiger partial charge >= 0.3 is 0 Å². The predicted octanol–water partition coefficient (Wildman–Crippen LogP) is 2.78. The van der Waals surface area contributed by atoms with E-state index in [1.54, 1.807) is 6.07 Å². The molecule has 1 fully saturated rings. The number of nitrogens with one attached hydrogen (secondary N) is 1. The maximum atomic E-state index is 14.2. The number of hydrogen-bond acceptors (Lipinski definition) is 2. The first-order valence-electron chi connectivity index (χ1n) is 6.53. The van der Waals surface area contributed by atoms with Crippen molar-refractivity contribution < 1.29 is 14.0 Å². The van der Waals surface area contributed by atoms with E-state index in [9.17, 15) is 14.0 Å². The Labute approximate surface area is 112 Å². The van der Waals surface area contributed by atoms with Gasteiger partial charge in [-0.3, -0.25) is 14.9 Å². The Kier molecular flexibility index (Phi) is 3.69. The Hall–Kier alpha value is -1.71. The fourth-order valence-electron chi connectivity index (χ4n) is 2.60. The summed E-state index contributed by atoms with van der Waals surface area (Å²) in [5.74, 6) is -1.35. The van der Waals surface area contributed by atoms with E-state index in [2.05, 4.69) is 5.32 Å². The van der Waals surface area contributed by atoms with Gasteiger partial charge in [0.2, 0.25) is 11.8 Å². The average molecular weight is 263 g/mol. The fourth-order valence-corrected chi connectivity index (χ4v) is 2.60. The van der Waals surface area contributed by atoms with Crippen LogP contribution in [0.4, 0.5) is 4.39 Å². The van der Waals surface area contributed by atoms with Gasteiger partial charge < -0.3 is 0 Å². The molecule has 1 aromatic rings. The Morgan fingerprint density at radius 3 is 2.58 bits per heavy atom. The van der Waals surface area contributed by atoms with Gasteiger partial charge in [0.1, 0.15) is 5.82 Å². The maximum absolute atomic E-state index is 14.2. The summed E-state index contributed by atoms with van der Waals surface area (Å²) in [7, 11) is 0. The third kappa shape index (κ3) is 2.67. The van der Waals surface area contributed by atoms with Gasteiger partial charge in [-0.15, -0.1) is 0 Å². The lowest BCUT2D eigenvalue weighted by atomic mass is 9.86. The van der Waals surface area contributed by atoms with Gasteiger partial charge in [0, 0.05) is 12.0 Å². The van der Waals surface area contributed by atoms with Gasteiger partial charge in [-0.1, -0.05) is 19.9 Å². The van der Waals surface area contributed by atoms with E-state index < -0.39 is 11.8 Å². The Bertz CT molecular complexity index is 537. The fraction of sp³-hybridized carbons (Fsp3) is 0.467. The Morgan fingerprint density at radius 2 is 2.00 bits per heavy atom. The molecule has 19 heavy (non-hydrogen) atoms. The first-order chi connectivity index (χ1) is 8.90. The monoisotopic (exact) mass is 263 g/mol. The third-order valence-electron chi connectivity index (χ3n) is 3.62. The summed E-state index contributed by atoms with van der Waals surface area (Å²) in [6.07, 6.45) is 0.642. The molecule has 1 aliphatic heterocycles. The highest BCUT2D eigenvalue weighted by molar-refractivity contribution is 6.00. The zero-order valence-corrected chi connectivity index (χ0v) is 11.4. The van der Waals surface area contributed by atoms with Gasteiger partial charge in [0.25, 0.3) is 0 Å². The third-order valence-corrected chi connectivity index (χ3v) is 3.62. The smallest absolute Gasteiger partial charge is 0.234 e. The second-order valence-corrected chi connectivity index (χ2v) is 5.39. The molecule has 0 aromatic heterocycles. The van der Waals surface area contributed by atoms with E-state index in [0.29, 0.717) is 12.0 Å². The number of amides is 2. The molecule has 1 unspecified atom stereocenters. The number of carbonyl (C=O) groups excluding carboxylic acids is 2. The molecule has 0 spiro atoms. The highest BCUT2D eigenvalue weighted by Gasteiger charge is 2.30. The number of piperidine rings is 1. The van der Waals surface area contributed by atoms with Crippen molar-refractivity contribution in [1.82, 2.24) is 5.32 Å². The molecule has 1 heterocycles. The molecule has 3 nitrogen and oxygen atoms in total. The first kappa shape index (κ1) is 13.7. The van der Waals surface area contributed by atoms with Crippen LogP contribution in [-0.2, 0) is 9.59 Å². The minimum Gasteiger partial charge on any atom is -0.296 e. The molecule has 0 radical (unpaired) electrons. The van der Waals surface area contributed by atoms with Crippen LogP contribution in [0.25, 0.3) is 0 Å². The molecule has 1 N–H and O–H groups in total. The summed E-state index contributed by atoms with van der Waals surface area (Å²) in [6.45, 7) is 5.94. The molecule has 102 valence electrons. The number of rotatable bonds is 2.